The molecule has 0 spiro atoms. The van der Waals surface area contributed by atoms with E-state index in [1.54, 1.807) is 7.11 Å². The molecule has 6 heteroatoms. The summed E-state index contributed by atoms with van der Waals surface area (Å²) in [4.78, 5) is 25.0. The number of rotatable bonds is 6. The van der Waals surface area contributed by atoms with E-state index in [-0.39, 0.29) is 11.9 Å². The average Bonchev–Trinajstić information content (AvgIpc) is 2.75. The maximum atomic E-state index is 13.2. The first-order chi connectivity index (χ1) is 14.9. The third kappa shape index (κ3) is 4.03. The van der Waals surface area contributed by atoms with Gasteiger partial charge >= 0.3 is 0 Å². The number of para-hydroxylation sites is 1. The predicted octanol–water partition coefficient (Wildman–Crippen LogP) is 4.26. The van der Waals surface area contributed by atoms with Gasteiger partial charge in [0.2, 0.25) is 0 Å². The first-order valence-electron chi connectivity index (χ1n) is 10.5. The summed E-state index contributed by atoms with van der Waals surface area (Å²) in [6.07, 6.45) is 0. The minimum atomic E-state index is -0.127. The maximum absolute atomic E-state index is 13.2. The highest BCUT2D eigenvalue weighted by Gasteiger charge is 2.20. The van der Waals surface area contributed by atoms with Gasteiger partial charge in [-0.3, -0.25) is 4.79 Å². The standard InChI is InChI=1S/C25H28N4O2/c1-15(2)21(14-29(3)4)27-25(30)18-9-6-10-19-24(18)28-23-17-8-7-11-22(31-5)16(17)12-13-20(23)26-19/h6-13,15,21H,14H2,1-5H3,(H,27,30)/t21-/m0/s1. The Bertz CT molecular complexity index is 1270. The van der Waals surface area contributed by atoms with E-state index >= 15 is 0 Å². The molecule has 3 aromatic carbocycles. The van der Waals surface area contributed by atoms with Crippen molar-refractivity contribution in [3.8, 4) is 5.75 Å². The van der Waals surface area contributed by atoms with Gasteiger partial charge in [0, 0.05) is 23.4 Å². The monoisotopic (exact) mass is 416 g/mol. The summed E-state index contributed by atoms with van der Waals surface area (Å²) in [5, 5.41) is 5.12. The molecular formula is C25H28N4O2. The molecule has 0 saturated heterocycles. The van der Waals surface area contributed by atoms with Gasteiger partial charge in [-0.25, -0.2) is 9.97 Å². The van der Waals surface area contributed by atoms with Crippen molar-refractivity contribution in [2.24, 2.45) is 5.92 Å². The molecule has 4 aromatic rings. The van der Waals surface area contributed by atoms with Gasteiger partial charge in [-0.1, -0.05) is 32.0 Å². The highest BCUT2D eigenvalue weighted by Crippen LogP contribution is 2.31. The third-order valence-electron chi connectivity index (χ3n) is 5.60. The van der Waals surface area contributed by atoms with Crippen molar-refractivity contribution in [2.45, 2.75) is 19.9 Å². The number of hydrogen-bond donors (Lipinski definition) is 1. The van der Waals surface area contributed by atoms with Crippen LogP contribution in [0.4, 0.5) is 0 Å². The van der Waals surface area contributed by atoms with Crippen molar-refractivity contribution >= 4 is 38.7 Å². The zero-order valence-electron chi connectivity index (χ0n) is 18.6. The fourth-order valence-corrected chi connectivity index (χ4v) is 3.91. The fourth-order valence-electron chi connectivity index (χ4n) is 3.91. The largest absolute Gasteiger partial charge is 0.496 e. The van der Waals surface area contributed by atoms with Crippen LogP contribution < -0.4 is 10.1 Å². The van der Waals surface area contributed by atoms with E-state index in [1.165, 1.54) is 0 Å². The summed E-state index contributed by atoms with van der Waals surface area (Å²) < 4.78 is 5.51. The highest BCUT2D eigenvalue weighted by molar-refractivity contribution is 6.11. The molecule has 1 heterocycles. The van der Waals surface area contributed by atoms with Crippen molar-refractivity contribution < 1.29 is 9.53 Å². The van der Waals surface area contributed by atoms with Crippen LogP contribution in [0, 0.1) is 5.92 Å². The Labute approximate surface area is 182 Å². The Balaban J connectivity index is 1.85. The van der Waals surface area contributed by atoms with Crippen LogP contribution in [0.25, 0.3) is 32.8 Å². The van der Waals surface area contributed by atoms with Gasteiger partial charge in [-0.2, -0.15) is 0 Å². The van der Waals surface area contributed by atoms with Crippen LogP contribution in [0.3, 0.4) is 0 Å². The molecule has 6 nitrogen and oxygen atoms in total. The molecule has 1 N–H and O–H groups in total. The molecule has 0 unspecified atom stereocenters. The first-order valence-corrected chi connectivity index (χ1v) is 10.5. The average molecular weight is 417 g/mol. The predicted molar refractivity (Wildman–Crippen MR) is 126 cm³/mol. The molecule has 0 bridgehead atoms. The quantitative estimate of drug-likeness (QED) is 0.376. The molecule has 1 atom stereocenters. The molecule has 0 aliphatic carbocycles. The van der Waals surface area contributed by atoms with Crippen LogP contribution in [0.2, 0.25) is 0 Å². The summed E-state index contributed by atoms with van der Waals surface area (Å²) in [6.45, 7) is 5.00. The fraction of sp³-hybridized carbons (Fsp3) is 0.320. The highest BCUT2D eigenvalue weighted by atomic mass is 16.5. The van der Waals surface area contributed by atoms with E-state index in [0.717, 1.165) is 34.1 Å². The van der Waals surface area contributed by atoms with Gasteiger partial charge in [0.25, 0.3) is 5.91 Å². The van der Waals surface area contributed by atoms with Crippen LogP contribution in [-0.4, -0.2) is 54.6 Å². The van der Waals surface area contributed by atoms with Crippen molar-refractivity contribution in [2.75, 3.05) is 27.7 Å². The lowest BCUT2D eigenvalue weighted by atomic mass is 10.0. The summed E-state index contributed by atoms with van der Waals surface area (Å²) in [5.41, 5.74) is 3.40. The van der Waals surface area contributed by atoms with Crippen molar-refractivity contribution in [1.82, 2.24) is 20.2 Å². The molecule has 0 saturated carbocycles. The molecular weight excluding hydrogens is 388 g/mol. The second-order valence-electron chi connectivity index (χ2n) is 8.47. The molecule has 0 fully saturated rings. The second-order valence-corrected chi connectivity index (χ2v) is 8.47. The van der Waals surface area contributed by atoms with Gasteiger partial charge in [-0.05, 0) is 50.3 Å². The smallest absolute Gasteiger partial charge is 0.253 e. The zero-order chi connectivity index (χ0) is 22.1. The Hall–Kier alpha value is -3.25. The number of fused-ring (bicyclic) bond motifs is 4. The number of carbonyl (C=O) groups excluding carboxylic acids is 1. The molecule has 1 amide bonds. The minimum Gasteiger partial charge on any atom is -0.496 e. The number of aromatic nitrogens is 2. The molecule has 31 heavy (non-hydrogen) atoms. The molecule has 0 aliphatic heterocycles. The number of benzene rings is 3. The maximum Gasteiger partial charge on any atom is 0.253 e. The number of nitrogens with one attached hydrogen (secondary N) is 1. The van der Waals surface area contributed by atoms with Crippen molar-refractivity contribution in [3.05, 3.63) is 54.1 Å². The number of carbonyl (C=O) groups is 1. The number of hydrogen-bond acceptors (Lipinski definition) is 5. The second kappa shape index (κ2) is 8.47. The summed E-state index contributed by atoms with van der Waals surface area (Å²) in [7, 11) is 5.68. The topological polar surface area (TPSA) is 67.3 Å². The lowest BCUT2D eigenvalue weighted by Crippen LogP contribution is -2.45. The number of methoxy groups -OCH3 is 1. The summed E-state index contributed by atoms with van der Waals surface area (Å²) >= 11 is 0. The van der Waals surface area contributed by atoms with E-state index < -0.39 is 0 Å². The Kier molecular flexibility index (Phi) is 5.74. The van der Waals surface area contributed by atoms with Crippen molar-refractivity contribution in [1.29, 1.82) is 0 Å². The van der Waals surface area contributed by atoms with E-state index in [2.05, 4.69) is 24.1 Å². The molecule has 1 aromatic heterocycles. The van der Waals surface area contributed by atoms with E-state index in [1.807, 2.05) is 62.6 Å². The van der Waals surface area contributed by atoms with Crippen LogP contribution >= 0.6 is 0 Å². The van der Waals surface area contributed by atoms with Gasteiger partial charge in [0.15, 0.2) is 0 Å². The minimum absolute atomic E-state index is 0.0382. The van der Waals surface area contributed by atoms with Gasteiger partial charge in [0.05, 0.1) is 29.2 Å². The summed E-state index contributed by atoms with van der Waals surface area (Å²) in [5.74, 6) is 0.970. The normalized spacial score (nSPS) is 12.7. The van der Waals surface area contributed by atoms with Crippen LogP contribution in [-0.2, 0) is 0 Å². The Morgan fingerprint density at radius 2 is 1.71 bits per heavy atom. The SMILES string of the molecule is COc1cccc2c1ccc1nc3cccc(C(=O)N[C@@H](CN(C)C)C(C)C)c3nc12. The van der Waals surface area contributed by atoms with E-state index in [0.29, 0.717) is 22.5 Å². The van der Waals surface area contributed by atoms with Crippen LogP contribution in [0.1, 0.15) is 24.2 Å². The number of nitrogens with zero attached hydrogens (tertiary/aromatic N) is 3. The van der Waals surface area contributed by atoms with E-state index in [9.17, 15) is 4.79 Å². The Morgan fingerprint density at radius 1 is 0.968 bits per heavy atom. The first kappa shape index (κ1) is 21.0. The zero-order valence-corrected chi connectivity index (χ0v) is 18.6. The molecule has 160 valence electrons. The van der Waals surface area contributed by atoms with Gasteiger partial charge in [0.1, 0.15) is 11.3 Å². The van der Waals surface area contributed by atoms with Gasteiger partial charge in [-0.15, -0.1) is 0 Å². The Morgan fingerprint density at radius 3 is 2.42 bits per heavy atom. The third-order valence-corrected chi connectivity index (χ3v) is 5.60. The number of likely N-dealkylation sites (N-methyl/N-ethyl adjacent to an activating group) is 1. The lowest BCUT2D eigenvalue weighted by molar-refractivity contribution is 0.0918. The molecule has 0 radical (unpaired) electrons. The molecule has 0 aliphatic rings. The molecule has 4 rings (SSSR count). The van der Waals surface area contributed by atoms with Gasteiger partial charge < -0.3 is 15.0 Å². The summed E-state index contributed by atoms with van der Waals surface area (Å²) in [6, 6.07) is 15.4. The van der Waals surface area contributed by atoms with Crippen LogP contribution in [0.15, 0.2) is 48.5 Å². The number of amides is 1. The van der Waals surface area contributed by atoms with Crippen molar-refractivity contribution in [3.63, 3.8) is 0 Å². The van der Waals surface area contributed by atoms with Crippen LogP contribution in [0.5, 0.6) is 5.75 Å². The van der Waals surface area contributed by atoms with E-state index in [4.69, 9.17) is 14.7 Å². The number of ether oxygens (including phenoxy) is 1. The lowest BCUT2D eigenvalue weighted by Gasteiger charge is -2.25.